The molecule has 0 bridgehead atoms. The summed E-state index contributed by atoms with van der Waals surface area (Å²) in [5.41, 5.74) is 0.0987. The molecule has 224 valence electrons. The molecule has 10 nitrogen and oxygen atoms in total. The molecule has 1 aromatic carbocycles. The molecular weight excluding hydrogens is 556 g/mol. The first-order valence-electron chi connectivity index (χ1n) is 13.2. The Morgan fingerprint density at radius 1 is 1.20 bits per heavy atom. The van der Waals surface area contributed by atoms with Gasteiger partial charge < -0.3 is 25.4 Å². The Labute approximate surface area is 240 Å². The van der Waals surface area contributed by atoms with E-state index in [1.807, 2.05) is 11.9 Å². The van der Waals surface area contributed by atoms with Gasteiger partial charge in [0.15, 0.2) is 0 Å². The van der Waals surface area contributed by atoms with E-state index >= 15 is 0 Å². The van der Waals surface area contributed by atoms with E-state index in [1.54, 1.807) is 19.9 Å². The molecule has 0 saturated heterocycles. The Bertz CT molecular complexity index is 1360. The van der Waals surface area contributed by atoms with Gasteiger partial charge in [-0.15, -0.1) is 6.42 Å². The fourth-order valence-corrected chi connectivity index (χ4v) is 5.15. The number of carbonyl (C=O) groups is 1. The lowest BCUT2D eigenvalue weighted by Crippen LogP contribution is -2.50. The van der Waals surface area contributed by atoms with Crippen LogP contribution in [-0.4, -0.2) is 81.6 Å². The summed E-state index contributed by atoms with van der Waals surface area (Å²) in [5.74, 6) is 0.807. The van der Waals surface area contributed by atoms with Crippen LogP contribution in [0.4, 0.5) is 20.4 Å². The second kappa shape index (κ2) is 13.5. The van der Waals surface area contributed by atoms with Crippen LogP contribution in [-0.2, 0) is 10.0 Å². The molecular formula is C28H37F2N5O5S. The molecule has 3 N–H and O–H groups in total. The number of sulfonamides is 1. The summed E-state index contributed by atoms with van der Waals surface area (Å²) in [6, 6.07) is 4.70. The highest BCUT2D eigenvalue weighted by molar-refractivity contribution is 7.93. The summed E-state index contributed by atoms with van der Waals surface area (Å²) in [6.45, 7) is 4.99. The molecule has 1 unspecified atom stereocenters. The first-order chi connectivity index (χ1) is 19.2. The molecule has 2 aromatic rings. The van der Waals surface area contributed by atoms with Gasteiger partial charge in [-0.2, -0.15) is 0 Å². The van der Waals surface area contributed by atoms with Crippen molar-refractivity contribution in [3.05, 3.63) is 47.5 Å². The van der Waals surface area contributed by atoms with Crippen molar-refractivity contribution in [2.75, 3.05) is 43.0 Å². The van der Waals surface area contributed by atoms with E-state index in [-0.39, 0.29) is 42.9 Å². The third kappa shape index (κ3) is 8.28. The molecule has 1 amide bonds. The Balaban J connectivity index is 1.92. The Kier molecular flexibility index (Phi) is 10.5. The number of halogens is 2. The third-order valence-corrected chi connectivity index (χ3v) is 9.06. The quantitative estimate of drug-likeness (QED) is 0.225. The van der Waals surface area contributed by atoms with Crippen LogP contribution in [0.2, 0.25) is 0 Å². The van der Waals surface area contributed by atoms with E-state index in [2.05, 4.69) is 28.5 Å². The van der Waals surface area contributed by atoms with Crippen LogP contribution in [0.3, 0.4) is 0 Å². The zero-order chi connectivity index (χ0) is 30.5. The molecule has 13 heteroatoms. The van der Waals surface area contributed by atoms with Gasteiger partial charge in [-0.25, -0.2) is 22.2 Å². The number of nitrogens with one attached hydrogen (secondary N) is 2. The van der Waals surface area contributed by atoms with Crippen LogP contribution >= 0.6 is 0 Å². The number of anilines is 2. The molecule has 0 aliphatic heterocycles. The Morgan fingerprint density at radius 3 is 2.37 bits per heavy atom. The maximum absolute atomic E-state index is 13.6. The van der Waals surface area contributed by atoms with Crippen molar-refractivity contribution in [2.45, 2.75) is 50.6 Å². The number of aromatic nitrogens is 1. The zero-order valence-electron chi connectivity index (χ0n) is 23.8. The largest absolute Gasteiger partial charge is 0.491 e. The minimum atomic E-state index is -3.75. The van der Waals surface area contributed by atoms with E-state index < -0.39 is 45.0 Å². The number of ether oxygens (including phenoxy) is 1. The predicted molar refractivity (Wildman–Crippen MR) is 153 cm³/mol. The normalized spacial score (nSPS) is 17.9. The number of nitrogens with zero attached hydrogens (tertiary/aromatic N) is 3. The first kappa shape index (κ1) is 32.0. The number of aliphatic hydroxyl groups is 1. The number of rotatable bonds is 14. The van der Waals surface area contributed by atoms with Crippen molar-refractivity contribution in [1.82, 2.24) is 15.6 Å². The molecule has 1 saturated carbocycles. The minimum Gasteiger partial charge on any atom is -0.491 e. The molecule has 4 atom stereocenters. The van der Waals surface area contributed by atoms with Crippen LogP contribution in [0.15, 0.2) is 30.3 Å². The summed E-state index contributed by atoms with van der Waals surface area (Å²) in [4.78, 5) is 20.0. The van der Waals surface area contributed by atoms with Crippen molar-refractivity contribution in [3.63, 3.8) is 0 Å². The number of hydrogen-bond donors (Lipinski definition) is 3. The number of pyridine rings is 1. The third-order valence-electron chi connectivity index (χ3n) is 6.91. The molecule has 0 radical (unpaired) electrons. The molecule has 1 heterocycles. The lowest BCUT2D eigenvalue weighted by molar-refractivity contribution is 0.0737. The fraction of sp³-hybridized carbons (Fsp3) is 0.500. The van der Waals surface area contributed by atoms with Crippen LogP contribution in [0.25, 0.3) is 0 Å². The van der Waals surface area contributed by atoms with Crippen molar-refractivity contribution >= 4 is 27.6 Å². The van der Waals surface area contributed by atoms with Crippen LogP contribution in [0, 0.1) is 29.9 Å². The number of carbonyl (C=O) groups excluding carboxylic acids is 1. The first-order valence-corrected chi connectivity index (χ1v) is 14.7. The molecule has 1 aliphatic carbocycles. The number of hydrogen-bond acceptors (Lipinski definition) is 8. The lowest BCUT2D eigenvalue weighted by Gasteiger charge is -2.26. The van der Waals surface area contributed by atoms with Gasteiger partial charge in [-0.1, -0.05) is 12.8 Å². The smallest absolute Gasteiger partial charge is 0.251 e. The number of benzene rings is 1. The lowest BCUT2D eigenvalue weighted by atomic mass is 10.1. The molecule has 1 aliphatic rings. The Hall–Kier alpha value is -3.47. The maximum Gasteiger partial charge on any atom is 0.251 e. The standard InChI is InChI=1S/C28H37F2N5O5S/c1-7-8-31-15-25(36)23(16-40-22-13-20(29)12-21(30)14-22)32-28(37)19-10-26(34(5)24-9-18(24)4)33-27(11-19)35(6)41(38,39)17(2)3/h1,10-14,17-18,23-25,31,36H,8-9,15-16H2,2-6H3,(H,32,37)/t18-,23?,24-,25+/m0/s1. The topological polar surface area (TPSA) is 124 Å². The fourth-order valence-electron chi connectivity index (χ4n) is 4.17. The van der Waals surface area contributed by atoms with Crippen molar-refractivity contribution in [2.24, 2.45) is 5.92 Å². The van der Waals surface area contributed by atoms with Crippen LogP contribution < -0.4 is 24.6 Å². The SMILES string of the molecule is C#CCNC[C@@H](O)C(COc1cc(F)cc(F)c1)NC(=O)c1cc(N(C)[C@H]2C[C@@H]2C)nc(N(C)S(=O)(=O)C(C)C)c1. The summed E-state index contributed by atoms with van der Waals surface area (Å²) in [6.07, 6.45) is 4.98. The van der Waals surface area contributed by atoms with E-state index in [0.29, 0.717) is 17.8 Å². The van der Waals surface area contributed by atoms with Gasteiger partial charge in [0.25, 0.3) is 5.91 Å². The molecule has 0 spiro atoms. The highest BCUT2D eigenvalue weighted by Crippen LogP contribution is 2.37. The predicted octanol–water partition coefficient (Wildman–Crippen LogP) is 2.14. The minimum absolute atomic E-state index is 0.0134. The summed E-state index contributed by atoms with van der Waals surface area (Å²) in [7, 11) is -0.549. The van der Waals surface area contributed by atoms with Gasteiger partial charge in [-0.05, 0) is 38.3 Å². The van der Waals surface area contributed by atoms with Gasteiger partial charge in [0.05, 0.1) is 23.9 Å². The monoisotopic (exact) mass is 593 g/mol. The maximum atomic E-state index is 13.6. The van der Waals surface area contributed by atoms with E-state index in [9.17, 15) is 27.1 Å². The second-order valence-electron chi connectivity index (χ2n) is 10.4. The number of terminal acetylenes is 1. The Morgan fingerprint density at radius 2 is 1.80 bits per heavy atom. The van der Waals surface area contributed by atoms with Gasteiger partial charge in [0, 0.05) is 50.4 Å². The average molecular weight is 594 g/mol. The van der Waals surface area contributed by atoms with Gasteiger partial charge >= 0.3 is 0 Å². The van der Waals surface area contributed by atoms with Gasteiger partial charge in [-0.3, -0.25) is 9.10 Å². The average Bonchev–Trinajstić information content (AvgIpc) is 3.65. The summed E-state index contributed by atoms with van der Waals surface area (Å²) in [5, 5.41) is 15.6. The number of aliphatic hydroxyl groups excluding tert-OH is 1. The van der Waals surface area contributed by atoms with Crippen molar-refractivity contribution in [1.29, 1.82) is 0 Å². The van der Waals surface area contributed by atoms with E-state index in [4.69, 9.17) is 11.2 Å². The molecule has 1 aromatic heterocycles. The summed E-state index contributed by atoms with van der Waals surface area (Å²) >= 11 is 0. The molecule has 41 heavy (non-hydrogen) atoms. The highest BCUT2D eigenvalue weighted by atomic mass is 32.2. The molecule has 1 fully saturated rings. The molecule has 3 rings (SSSR count). The van der Waals surface area contributed by atoms with Crippen molar-refractivity contribution < 1.29 is 31.8 Å². The summed E-state index contributed by atoms with van der Waals surface area (Å²) < 4.78 is 59.6. The van der Waals surface area contributed by atoms with Gasteiger partial charge in [0.2, 0.25) is 10.0 Å². The van der Waals surface area contributed by atoms with Crippen molar-refractivity contribution in [3.8, 4) is 18.1 Å². The number of amides is 1. The van der Waals surface area contributed by atoms with Crippen LogP contribution in [0.5, 0.6) is 5.75 Å². The highest BCUT2D eigenvalue weighted by Gasteiger charge is 2.37. The van der Waals surface area contributed by atoms with Gasteiger partial charge in [0.1, 0.15) is 35.6 Å². The second-order valence-corrected chi connectivity index (χ2v) is 12.9. The van der Waals surface area contributed by atoms with E-state index in [0.717, 1.165) is 22.9 Å². The zero-order valence-corrected chi connectivity index (χ0v) is 24.6. The van der Waals surface area contributed by atoms with Crippen LogP contribution in [0.1, 0.15) is 37.6 Å². The van der Waals surface area contributed by atoms with E-state index in [1.165, 1.54) is 13.1 Å².